The van der Waals surface area contributed by atoms with Crippen molar-refractivity contribution in [3.63, 3.8) is 0 Å². The summed E-state index contributed by atoms with van der Waals surface area (Å²) in [7, 11) is 0. The highest BCUT2D eigenvalue weighted by Crippen LogP contribution is 2.30. The summed E-state index contributed by atoms with van der Waals surface area (Å²) in [5.74, 6) is 0. The zero-order valence-electron chi connectivity index (χ0n) is 6.73. The normalized spacial score (nSPS) is 12.0. The molecule has 0 aliphatic rings. The standard InChI is InChI=1S/C8H12ClNS/c1-8(2,5-10)7-3-6(9)4-11-7/h3-4H,5,10H2,1-2H3. The molecule has 0 aliphatic heterocycles. The van der Waals surface area contributed by atoms with Crippen LogP contribution in [0, 0.1) is 0 Å². The molecule has 1 nitrogen and oxygen atoms in total. The van der Waals surface area contributed by atoms with Crippen LogP contribution in [0.4, 0.5) is 0 Å². The van der Waals surface area contributed by atoms with Crippen LogP contribution in [0.2, 0.25) is 5.02 Å². The van der Waals surface area contributed by atoms with E-state index >= 15 is 0 Å². The van der Waals surface area contributed by atoms with E-state index < -0.39 is 0 Å². The summed E-state index contributed by atoms with van der Waals surface area (Å²) in [6.45, 7) is 4.90. The van der Waals surface area contributed by atoms with Crippen molar-refractivity contribution in [3.05, 3.63) is 21.3 Å². The zero-order chi connectivity index (χ0) is 8.48. The second-order valence-electron chi connectivity index (χ2n) is 3.22. The number of nitrogens with two attached hydrogens (primary N) is 1. The summed E-state index contributed by atoms with van der Waals surface area (Å²) in [6, 6.07) is 1.99. The molecule has 0 saturated heterocycles. The second kappa shape index (κ2) is 3.13. The van der Waals surface area contributed by atoms with Crippen molar-refractivity contribution in [2.45, 2.75) is 19.3 Å². The summed E-state index contributed by atoms with van der Waals surface area (Å²) < 4.78 is 0. The highest BCUT2D eigenvalue weighted by molar-refractivity contribution is 7.10. The van der Waals surface area contributed by atoms with Gasteiger partial charge in [0.2, 0.25) is 0 Å². The van der Waals surface area contributed by atoms with Gasteiger partial charge >= 0.3 is 0 Å². The largest absolute Gasteiger partial charge is 0.330 e. The van der Waals surface area contributed by atoms with Gasteiger partial charge in [-0.1, -0.05) is 25.4 Å². The third kappa shape index (κ3) is 1.95. The van der Waals surface area contributed by atoms with Gasteiger partial charge in [-0.25, -0.2) is 0 Å². The van der Waals surface area contributed by atoms with Crippen LogP contribution in [0.5, 0.6) is 0 Å². The molecule has 0 unspecified atom stereocenters. The average molecular weight is 190 g/mol. The third-order valence-electron chi connectivity index (χ3n) is 1.74. The predicted octanol–water partition coefficient (Wildman–Crippen LogP) is 2.64. The Hall–Kier alpha value is -0.0500. The minimum Gasteiger partial charge on any atom is -0.330 e. The molecule has 0 radical (unpaired) electrons. The van der Waals surface area contributed by atoms with E-state index in [9.17, 15) is 0 Å². The fraction of sp³-hybridized carbons (Fsp3) is 0.500. The molecule has 0 spiro atoms. The van der Waals surface area contributed by atoms with Gasteiger partial charge in [0, 0.05) is 22.2 Å². The Kier molecular flexibility index (Phi) is 2.58. The Morgan fingerprint density at radius 2 is 2.27 bits per heavy atom. The van der Waals surface area contributed by atoms with Crippen LogP contribution in [0.25, 0.3) is 0 Å². The van der Waals surface area contributed by atoms with Gasteiger partial charge in [0.25, 0.3) is 0 Å². The molecule has 0 saturated carbocycles. The molecule has 1 aromatic heterocycles. The summed E-state index contributed by atoms with van der Waals surface area (Å²) >= 11 is 7.46. The van der Waals surface area contributed by atoms with Crippen molar-refractivity contribution in [2.75, 3.05) is 6.54 Å². The Balaban J connectivity index is 2.92. The number of hydrogen-bond donors (Lipinski definition) is 1. The smallest absolute Gasteiger partial charge is 0.0516 e. The molecule has 0 aromatic carbocycles. The number of hydrogen-bond acceptors (Lipinski definition) is 2. The average Bonchev–Trinajstić information content (AvgIpc) is 2.36. The Morgan fingerprint density at radius 3 is 2.64 bits per heavy atom. The quantitative estimate of drug-likeness (QED) is 0.761. The highest BCUT2D eigenvalue weighted by Gasteiger charge is 2.19. The van der Waals surface area contributed by atoms with E-state index in [2.05, 4.69) is 13.8 Å². The van der Waals surface area contributed by atoms with Crippen LogP contribution in [0.15, 0.2) is 11.4 Å². The first-order valence-corrected chi connectivity index (χ1v) is 4.76. The van der Waals surface area contributed by atoms with Crippen LogP contribution in [-0.2, 0) is 5.41 Å². The lowest BCUT2D eigenvalue weighted by Gasteiger charge is -2.19. The Bertz CT molecular complexity index is 242. The fourth-order valence-electron chi connectivity index (χ4n) is 0.769. The zero-order valence-corrected chi connectivity index (χ0v) is 8.30. The molecule has 62 valence electrons. The minimum absolute atomic E-state index is 0.0673. The van der Waals surface area contributed by atoms with Crippen LogP contribution in [0.3, 0.4) is 0 Å². The maximum atomic E-state index is 5.79. The van der Waals surface area contributed by atoms with Crippen molar-refractivity contribution >= 4 is 22.9 Å². The molecule has 3 heteroatoms. The lowest BCUT2D eigenvalue weighted by atomic mass is 9.92. The lowest BCUT2D eigenvalue weighted by Crippen LogP contribution is -2.26. The summed E-state index contributed by atoms with van der Waals surface area (Å²) in [5, 5.41) is 2.75. The van der Waals surface area contributed by atoms with E-state index in [0.717, 1.165) is 5.02 Å². The van der Waals surface area contributed by atoms with Crippen LogP contribution < -0.4 is 5.73 Å². The van der Waals surface area contributed by atoms with Crippen LogP contribution >= 0.6 is 22.9 Å². The molecule has 2 N–H and O–H groups in total. The van der Waals surface area contributed by atoms with Gasteiger partial charge < -0.3 is 5.73 Å². The minimum atomic E-state index is 0.0673. The second-order valence-corrected chi connectivity index (χ2v) is 4.56. The number of thiophene rings is 1. The van der Waals surface area contributed by atoms with Gasteiger partial charge in [0.05, 0.1) is 5.02 Å². The van der Waals surface area contributed by atoms with E-state index in [1.54, 1.807) is 11.3 Å². The first-order valence-electron chi connectivity index (χ1n) is 3.51. The summed E-state index contributed by atoms with van der Waals surface area (Å²) in [4.78, 5) is 1.25. The molecular weight excluding hydrogens is 178 g/mol. The fourth-order valence-corrected chi connectivity index (χ4v) is 1.98. The van der Waals surface area contributed by atoms with E-state index in [4.69, 9.17) is 17.3 Å². The monoisotopic (exact) mass is 189 g/mol. The SMILES string of the molecule is CC(C)(CN)c1cc(Cl)cs1. The molecule has 1 aromatic rings. The van der Waals surface area contributed by atoms with Gasteiger partial charge in [-0.05, 0) is 6.07 Å². The molecule has 1 heterocycles. The van der Waals surface area contributed by atoms with E-state index in [1.807, 2.05) is 11.4 Å². The van der Waals surface area contributed by atoms with E-state index in [-0.39, 0.29) is 5.41 Å². The van der Waals surface area contributed by atoms with E-state index in [1.165, 1.54) is 4.88 Å². The Labute approximate surface area is 76.2 Å². The molecule has 0 fully saturated rings. The molecule has 0 aliphatic carbocycles. The third-order valence-corrected chi connectivity index (χ3v) is 3.39. The van der Waals surface area contributed by atoms with Gasteiger partial charge in [0.1, 0.15) is 0 Å². The maximum absolute atomic E-state index is 5.79. The first kappa shape index (κ1) is 9.04. The van der Waals surface area contributed by atoms with Gasteiger partial charge in [-0.2, -0.15) is 0 Å². The van der Waals surface area contributed by atoms with Gasteiger partial charge in [-0.15, -0.1) is 11.3 Å². The summed E-state index contributed by atoms with van der Waals surface area (Å²) in [5.41, 5.74) is 5.68. The van der Waals surface area contributed by atoms with E-state index in [0.29, 0.717) is 6.54 Å². The predicted molar refractivity (Wildman–Crippen MR) is 51.4 cm³/mol. The molecular formula is C8H12ClNS. The van der Waals surface area contributed by atoms with Crippen molar-refractivity contribution < 1.29 is 0 Å². The van der Waals surface area contributed by atoms with Crippen LogP contribution in [0.1, 0.15) is 18.7 Å². The molecule has 0 bridgehead atoms. The molecule has 1 rings (SSSR count). The van der Waals surface area contributed by atoms with Crippen molar-refractivity contribution in [2.24, 2.45) is 5.73 Å². The number of halogens is 1. The molecule has 0 atom stereocenters. The van der Waals surface area contributed by atoms with Gasteiger partial charge in [0.15, 0.2) is 0 Å². The van der Waals surface area contributed by atoms with Crippen LogP contribution in [-0.4, -0.2) is 6.54 Å². The highest BCUT2D eigenvalue weighted by atomic mass is 35.5. The molecule has 0 amide bonds. The topological polar surface area (TPSA) is 26.0 Å². The Morgan fingerprint density at radius 1 is 1.64 bits per heavy atom. The van der Waals surface area contributed by atoms with Crippen molar-refractivity contribution in [1.82, 2.24) is 0 Å². The van der Waals surface area contributed by atoms with Crippen molar-refractivity contribution in [1.29, 1.82) is 0 Å². The van der Waals surface area contributed by atoms with Gasteiger partial charge in [-0.3, -0.25) is 0 Å². The maximum Gasteiger partial charge on any atom is 0.0516 e. The lowest BCUT2D eigenvalue weighted by molar-refractivity contribution is 0.550. The molecule has 11 heavy (non-hydrogen) atoms. The first-order chi connectivity index (χ1) is 5.06. The van der Waals surface area contributed by atoms with Crippen molar-refractivity contribution in [3.8, 4) is 0 Å². The number of rotatable bonds is 2. The summed E-state index contributed by atoms with van der Waals surface area (Å²) in [6.07, 6.45) is 0.